The molecule has 3 aromatic rings. The minimum atomic E-state index is -0.574. The molecule has 6 atom stereocenters. The Labute approximate surface area is 239 Å². The normalized spacial score (nSPS) is 30.8. The smallest absolute Gasteiger partial charge is 0.237 e. The molecule has 3 fully saturated rings. The van der Waals surface area contributed by atoms with E-state index in [1.54, 1.807) is 7.11 Å². The number of rotatable bonds is 8. The van der Waals surface area contributed by atoms with E-state index in [9.17, 15) is 9.59 Å². The lowest BCUT2D eigenvalue weighted by molar-refractivity contribution is -0.136. The quantitative estimate of drug-likeness (QED) is 0.273. The molecule has 6 rings (SSSR count). The van der Waals surface area contributed by atoms with Crippen molar-refractivity contribution in [3.05, 3.63) is 72.3 Å². The summed E-state index contributed by atoms with van der Waals surface area (Å²) in [5.74, 6) is 0.660. The number of unbranched alkanes of at least 4 members (excludes halogenated alkanes) is 1. The number of anilines is 1. The molecular weight excluding hydrogens is 494 g/mol. The van der Waals surface area contributed by atoms with E-state index in [2.05, 4.69) is 70.2 Å². The van der Waals surface area contributed by atoms with E-state index < -0.39 is 5.92 Å². The largest absolute Gasteiger partial charge is 0.497 e. The van der Waals surface area contributed by atoms with Gasteiger partial charge in [-0.3, -0.25) is 9.59 Å². The van der Waals surface area contributed by atoms with Gasteiger partial charge < -0.3 is 9.64 Å². The van der Waals surface area contributed by atoms with Crippen molar-refractivity contribution in [2.24, 2.45) is 34.5 Å². The number of nitrogens with zero attached hydrogens (tertiary/aromatic N) is 1. The van der Waals surface area contributed by atoms with Gasteiger partial charge in [-0.2, -0.15) is 0 Å². The SMILES string of the molecule is CCCCC1CN(c2ccc(OC)cc2)C(=O)C1C(=O)[C@H]1[C@@H](c2cccc3ccccc23)[C@@]2(C)CC[C@@H]1C2(C)C. The number of hydrogen-bond donors (Lipinski definition) is 0. The fourth-order valence-electron chi connectivity index (χ4n) is 8.88. The van der Waals surface area contributed by atoms with Crippen molar-refractivity contribution >= 4 is 28.2 Å². The molecule has 0 spiro atoms. The summed E-state index contributed by atoms with van der Waals surface area (Å²) in [6.07, 6.45) is 5.18. The molecule has 2 aliphatic carbocycles. The second kappa shape index (κ2) is 10.0. The summed E-state index contributed by atoms with van der Waals surface area (Å²) in [6.45, 7) is 9.97. The van der Waals surface area contributed by atoms with Crippen LogP contribution in [0.3, 0.4) is 0 Å². The molecule has 1 amide bonds. The minimum absolute atomic E-state index is 0.00163. The molecule has 3 aromatic carbocycles. The summed E-state index contributed by atoms with van der Waals surface area (Å²) in [7, 11) is 1.65. The van der Waals surface area contributed by atoms with Crippen LogP contribution >= 0.6 is 0 Å². The first-order chi connectivity index (χ1) is 19.2. The van der Waals surface area contributed by atoms with Gasteiger partial charge in [-0.25, -0.2) is 0 Å². The standard InChI is InChI=1S/C36H43NO3/c1-6-7-11-24-22-37(25-16-18-26(40-5)19-17-25)34(39)30(24)33(38)31-29-20-21-36(4,35(29,2)3)32(31)28-15-10-13-23-12-8-9-14-27(23)28/h8-10,12-19,24,29-32H,6-7,11,20-22H2,1-5H3/t24?,29-,30?,31+,32+,36+/m0/s1. The maximum atomic E-state index is 15.0. The number of ether oxygens (including phenoxy) is 1. The fourth-order valence-corrected chi connectivity index (χ4v) is 8.88. The molecule has 1 heterocycles. The first-order valence-corrected chi connectivity index (χ1v) is 15.2. The number of ketones is 1. The molecule has 40 heavy (non-hydrogen) atoms. The van der Waals surface area contributed by atoms with Crippen LogP contribution in [0.1, 0.15) is 71.3 Å². The van der Waals surface area contributed by atoms with E-state index in [0.717, 1.165) is 43.5 Å². The van der Waals surface area contributed by atoms with Crippen molar-refractivity contribution in [2.75, 3.05) is 18.6 Å². The summed E-state index contributed by atoms with van der Waals surface area (Å²) in [4.78, 5) is 31.1. The number of hydrogen-bond acceptors (Lipinski definition) is 3. The third-order valence-electron chi connectivity index (χ3n) is 11.4. The zero-order valence-electron chi connectivity index (χ0n) is 24.7. The van der Waals surface area contributed by atoms with Crippen LogP contribution in [0.2, 0.25) is 0 Å². The van der Waals surface area contributed by atoms with Gasteiger partial charge in [0.1, 0.15) is 17.5 Å². The summed E-state index contributed by atoms with van der Waals surface area (Å²) in [5, 5.41) is 2.47. The monoisotopic (exact) mass is 537 g/mol. The first-order valence-electron chi connectivity index (χ1n) is 15.2. The van der Waals surface area contributed by atoms with Crippen molar-refractivity contribution in [1.82, 2.24) is 0 Å². The zero-order valence-corrected chi connectivity index (χ0v) is 24.7. The van der Waals surface area contributed by atoms with E-state index in [-0.39, 0.29) is 46.2 Å². The number of fused-ring (bicyclic) bond motifs is 3. The summed E-state index contributed by atoms with van der Waals surface area (Å²) in [5.41, 5.74) is 2.16. The fraction of sp³-hybridized carbons (Fsp3) is 0.500. The highest BCUT2D eigenvalue weighted by Gasteiger charge is 2.69. The lowest BCUT2D eigenvalue weighted by Gasteiger charge is -2.41. The zero-order chi connectivity index (χ0) is 28.2. The van der Waals surface area contributed by atoms with Crippen molar-refractivity contribution in [3.63, 3.8) is 0 Å². The van der Waals surface area contributed by atoms with Gasteiger partial charge >= 0.3 is 0 Å². The molecule has 0 radical (unpaired) electrons. The summed E-state index contributed by atoms with van der Waals surface area (Å²) < 4.78 is 5.34. The molecule has 2 unspecified atom stereocenters. The van der Waals surface area contributed by atoms with Crippen LogP contribution in [0.15, 0.2) is 66.7 Å². The predicted molar refractivity (Wildman–Crippen MR) is 162 cm³/mol. The summed E-state index contributed by atoms with van der Waals surface area (Å²) in [6, 6.07) is 22.8. The van der Waals surface area contributed by atoms with Crippen molar-refractivity contribution in [1.29, 1.82) is 0 Å². The molecule has 4 nitrogen and oxygen atoms in total. The van der Waals surface area contributed by atoms with E-state index in [4.69, 9.17) is 4.74 Å². The highest BCUT2D eigenvalue weighted by atomic mass is 16.5. The molecule has 2 bridgehead atoms. The molecule has 2 saturated carbocycles. The van der Waals surface area contributed by atoms with E-state index in [0.29, 0.717) is 6.54 Å². The second-order valence-electron chi connectivity index (χ2n) is 13.3. The molecule has 1 aliphatic heterocycles. The van der Waals surface area contributed by atoms with Crippen molar-refractivity contribution in [3.8, 4) is 5.75 Å². The molecule has 4 heteroatoms. The van der Waals surface area contributed by atoms with Crippen LogP contribution in [0.25, 0.3) is 10.8 Å². The van der Waals surface area contributed by atoms with Crippen LogP contribution in [0.4, 0.5) is 5.69 Å². The Balaban J connectivity index is 1.42. The van der Waals surface area contributed by atoms with Crippen molar-refractivity contribution < 1.29 is 14.3 Å². The first kappa shape index (κ1) is 27.1. The number of amides is 1. The average molecular weight is 538 g/mol. The van der Waals surface area contributed by atoms with Gasteiger partial charge in [0.25, 0.3) is 0 Å². The van der Waals surface area contributed by atoms with Crippen LogP contribution in [0, 0.1) is 34.5 Å². The third-order valence-corrected chi connectivity index (χ3v) is 11.4. The lowest BCUT2D eigenvalue weighted by Crippen LogP contribution is -2.40. The second-order valence-corrected chi connectivity index (χ2v) is 13.3. The number of methoxy groups -OCH3 is 1. The van der Waals surface area contributed by atoms with Gasteiger partial charge in [-0.15, -0.1) is 0 Å². The average Bonchev–Trinajstić information content (AvgIpc) is 3.48. The number of Topliss-reactive ketones (excluding diaryl/α,β-unsaturated/α-hetero) is 1. The van der Waals surface area contributed by atoms with Crippen LogP contribution in [0.5, 0.6) is 5.75 Å². The molecular formula is C36H43NO3. The Morgan fingerprint density at radius 1 is 1.00 bits per heavy atom. The number of benzene rings is 3. The topological polar surface area (TPSA) is 46.6 Å². The maximum Gasteiger partial charge on any atom is 0.237 e. The van der Waals surface area contributed by atoms with E-state index in [1.165, 1.54) is 16.3 Å². The molecule has 0 N–H and O–H groups in total. The summed E-state index contributed by atoms with van der Waals surface area (Å²) >= 11 is 0. The minimum Gasteiger partial charge on any atom is -0.497 e. The highest BCUT2D eigenvalue weighted by Crippen LogP contribution is 2.74. The van der Waals surface area contributed by atoms with Gasteiger partial charge in [0, 0.05) is 24.1 Å². The Morgan fingerprint density at radius 3 is 2.45 bits per heavy atom. The van der Waals surface area contributed by atoms with Crippen LogP contribution < -0.4 is 9.64 Å². The Morgan fingerprint density at radius 2 is 1.73 bits per heavy atom. The highest BCUT2D eigenvalue weighted by molar-refractivity contribution is 6.12. The third kappa shape index (κ3) is 3.93. The lowest BCUT2D eigenvalue weighted by atomic mass is 9.62. The van der Waals surface area contributed by atoms with E-state index >= 15 is 0 Å². The Hall–Kier alpha value is -3.14. The van der Waals surface area contributed by atoms with Crippen LogP contribution in [-0.2, 0) is 9.59 Å². The van der Waals surface area contributed by atoms with Gasteiger partial charge in [0.2, 0.25) is 5.91 Å². The van der Waals surface area contributed by atoms with Gasteiger partial charge in [-0.05, 0) is 82.5 Å². The predicted octanol–water partition coefficient (Wildman–Crippen LogP) is 8.04. The number of carbonyl (C=O) groups excluding carboxylic acids is 2. The Kier molecular flexibility index (Phi) is 6.79. The molecule has 210 valence electrons. The molecule has 3 aliphatic rings. The van der Waals surface area contributed by atoms with Crippen molar-refractivity contribution in [2.45, 2.75) is 65.7 Å². The van der Waals surface area contributed by atoms with E-state index in [1.807, 2.05) is 29.2 Å². The van der Waals surface area contributed by atoms with Gasteiger partial charge in [0.05, 0.1) is 7.11 Å². The number of carbonyl (C=O) groups is 2. The molecule has 0 aromatic heterocycles. The molecule has 1 saturated heterocycles. The van der Waals surface area contributed by atoms with Gasteiger partial charge in [0.15, 0.2) is 0 Å². The maximum absolute atomic E-state index is 15.0. The Bertz CT molecular complexity index is 1420. The van der Waals surface area contributed by atoms with Gasteiger partial charge in [-0.1, -0.05) is 83.0 Å². The van der Waals surface area contributed by atoms with Crippen LogP contribution in [-0.4, -0.2) is 25.3 Å².